The predicted octanol–water partition coefficient (Wildman–Crippen LogP) is 2.61. The highest BCUT2D eigenvalue weighted by atomic mass is 32.1. The van der Waals surface area contributed by atoms with Crippen LogP contribution >= 0.6 is 11.3 Å². The summed E-state index contributed by atoms with van der Waals surface area (Å²) in [7, 11) is 1.92. The zero-order chi connectivity index (χ0) is 15.2. The molecule has 0 saturated heterocycles. The van der Waals surface area contributed by atoms with E-state index in [1.165, 1.54) is 4.88 Å². The molecule has 1 atom stereocenters. The molecule has 21 heavy (non-hydrogen) atoms. The lowest BCUT2D eigenvalue weighted by atomic mass is 10.1. The van der Waals surface area contributed by atoms with Gasteiger partial charge in [0, 0.05) is 30.2 Å². The van der Waals surface area contributed by atoms with E-state index in [1.54, 1.807) is 11.3 Å². The maximum Gasteiger partial charge on any atom is 0.150 e. The van der Waals surface area contributed by atoms with E-state index in [0.717, 1.165) is 11.5 Å². The number of aromatic nitrogens is 2. The van der Waals surface area contributed by atoms with Crippen molar-refractivity contribution in [2.75, 3.05) is 25.1 Å². The molecule has 116 valence electrons. The number of likely N-dealkylation sites (N-methyl/N-ethyl adjacent to an activating group) is 1. The molecule has 0 spiro atoms. The predicted molar refractivity (Wildman–Crippen MR) is 85.9 cm³/mol. The third kappa shape index (κ3) is 4.84. The van der Waals surface area contributed by atoms with Crippen LogP contribution in [0.25, 0.3) is 0 Å². The van der Waals surface area contributed by atoms with Crippen LogP contribution < -0.4 is 4.90 Å². The van der Waals surface area contributed by atoms with Gasteiger partial charge >= 0.3 is 0 Å². The molecule has 0 bridgehead atoms. The summed E-state index contributed by atoms with van der Waals surface area (Å²) in [5.41, 5.74) is 1.10. The summed E-state index contributed by atoms with van der Waals surface area (Å²) in [5, 5.41) is 19.3. The Balaban J connectivity index is 1.74. The molecule has 1 unspecified atom stereocenters. The molecule has 0 amide bonds. The zero-order valence-electron chi connectivity index (χ0n) is 12.7. The molecule has 0 aromatic carbocycles. The van der Waals surface area contributed by atoms with Crippen LogP contribution in [0.15, 0.2) is 23.6 Å². The largest absolute Gasteiger partial charge is 0.389 e. The van der Waals surface area contributed by atoms with Gasteiger partial charge in [-0.2, -0.15) is 5.10 Å². The number of hydrogen-bond acceptors (Lipinski definition) is 5. The van der Waals surface area contributed by atoms with E-state index in [1.807, 2.05) is 35.5 Å². The Morgan fingerprint density at radius 3 is 2.90 bits per heavy atom. The van der Waals surface area contributed by atoms with E-state index < -0.39 is 6.10 Å². The summed E-state index contributed by atoms with van der Waals surface area (Å²) >= 11 is 1.66. The van der Waals surface area contributed by atoms with Crippen LogP contribution in [0.2, 0.25) is 0 Å². The molecule has 0 aliphatic carbocycles. The number of ether oxygens (including phenoxy) is 1. The van der Waals surface area contributed by atoms with E-state index in [2.05, 4.69) is 24.0 Å². The number of aliphatic hydroxyl groups is 1. The van der Waals surface area contributed by atoms with Gasteiger partial charge in [-0.1, -0.05) is 19.9 Å². The minimum atomic E-state index is -0.533. The second-order valence-electron chi connectivity index (χ2n) is 5.47. The van der Waals surface area contributed by atoms with Crippen molar-refractivity contribution in [2.45, 2.75) is 32.5 Å². The highest BCUT2D eigenvalue weighted by Crippen LogP contribution is 2.17. The lowest BCUT2D eigenvalue weighted by molar-refractivity contribution is 0.0334. The fourth-order valence-electron chi connectivity index (χ4n) is 1.97. The number of aliphatic hydroxyl groups excluding tert-OH is 1. The Bertz CT molecular complexity index is 525. The van der Waals surface area contributed by atoms with Gasteiger partial charge in [-0.3, -0.25) is 5.10 Å². The minimum Gasteiger partial charge on any atom is -0.389 e. The second kappa shape index (κ2) is 7.59. The lowest BCUT2D eigenvalue weighted by Gasteiger charge is -2.20. The summed E-state index contributed by atoms with van der Waals surface area (Å²) in [5.74, 6) is 1.26. The van der Waals surface area contributed by atoms with Crippen molar-refractivity contribution < 1.29 is 9.84 Å². The zero-order valence-corrected chi connectivity index (χ0v) is 13.6. The number of thiophene rings is 1. The van der Waals surface area contributed by atoms with Gasteiger partial charge in [0.1, 0.15) is 5.82 Å². The highest BCUT2D eigenvalue weighted by molar-refractivity contribution is 7.09. The Hall–Kier alpha value is -1.37. The number of nitrogens with one attached hydrogen (secondary N) is 1. The molecule has 0 saturated carbocycles. The van der Waals surface area contributed by atoms with Crippen molar-refractivity contribution in [1.82, 2.24) is 10.2 Å². The molecular formula is C15H23N3O2S. The average Bonchev–Trinajstić information content (AvgIpc) is 3.09. The molecule has 0 fully saturated rings. The van der Waals surface area contributed by atoms with E-state index in [4.69, 9.17) is 4.74 Å². The van der Waals surface area contributed by atoms with E-state index in [-0.39, 0.29) is 0 Å². The Morgan fingerprint density at radius 2 is 2.29 bits per heavy atom. The molecule has 5 nitrogen and oxygen atoms in total. The number of H-pyrrole nitrogens is 1. The molecule has 0 aliphatic rings. The van der Waals surface area contributed by atoms with Crippen molar-refractivity contribution in [1.29, 1.82) is 0 Å². The second-order valence-corrected chi connectivity index (χ2v) is 6.50. The van der Waals surface area contributed by atoms with Crippen LogP contribution in [0.5, 0.6) is 0 Å². The van der Waals surface area contributed by atoms with Gasteiger partial charge in [0.15, 0.2) is 0 Å². The number of anilines is 1. The SMILES string of the molecule is CC(C)c1cc(N(C)CC(O)COCc2cccs2)n[nH]1. The van der Waals surface area contributed by atoms with Crippen molar-refractivity contribution >= 4 is 17.2 Å². The standard InChI is InChI=1S/C15H23N3O2S/c1-11(2)14-7-15(17-16-14)18(3)8-12(19)9-20-10-13-5-4-6-21-13/h4-7,11-12,19H,8-10H2,1-3H3,(H,16,17). The smallest absolute Gasteiger partial charge is 0.150 e. The number of aromatic amines is 1. The molecule has 2 aromatic rings. The molecule has 2 rings (SSSR count). The van der Waals surface area contributed by atoms with Crippen LogP contribution in [-0.4, -0.2) is 41.6 Å². The van der Waals surface area contributed by atoms with E-state index in [9.17, 15) is 5.11 Å². The number of nitrogens with zero attached hydrogens (tertiary/aromatic N) is 2. The van der Waals surface area contributed by atoms with Gasteiger partial charge in [0.25, 0.3) is 0 Å². The first-order chi connectivity index (χ1) is 10.1. The van der Waals surface area contributed by atoms with Crippen LogP contribution in [0.4, 0.5) is 5.82 Å². The molecule has 2 N–H and O–H groups in total. The maximum absolute atomic E-state index is 10.0. The van der Waals surface area contributed by atoms with Crippen LogP contribution in [0, 0.1) is 0 Å². The van der Waals surface area contributed by atoms with Gasteiger partial charge in [-0.05, 0) is 17.4 Å². The van der Waals surface area contributed by atoms with Gasteiger partial charge in [0.05, 0.1) is 19.3 Å². The summed E-state index contributed by atoms with van der Waals surface area (Å²) in [6.07, 6.45) is -0.533. The third-order valence-electron chi connectivity index (χ3n) is 3.22. The Labute approximate surface area is 129 Å². The van der Waals surface area contributed by atoms with Gasteiger partial charge < -0.3 is 14.7 Å². The Morgan fingerprint density at radius 1 is 1.48 bits per heavy atom. The first-order valence-electron chi connectivity index (χ1n) is 7.11. The first kappa shape index (κ1) is 16.0. The topological polar surface area (TPSA) is 61.4 Å². The van der Waals surface area contributed by atoms with Crippen LogP contribution in [0.1, 0.15) is 30.3 Å². The van der Waals surface area contributed by atoms with Gasteiger partial charge in [-0.15, -0.1) is 11.3 Å². The average molecular weight is 309 g/mol. The fraction of sp³-hybridized carbons (Fsp3) is 0.533. The van der Waals surface area contributed by atoms with Crippen molar-refractivity contribution in [2.24, 2.45) is 0 Å². The molecule has 2 heterocycles. The maximum atomic E-state index is 10.0. The van der Waals surface area contributed by atoms with Crippen molar-refractivity contribution in [3.05, 3.63) is 34.2 Å². The van der Waals surface area contributed by atoms with Crippen LogP contribution in [0.3, 0.4) is 0 Å². The van der Waals surface area contributed by atoms with E-state index in [0.29, 0.717) is 25.7 Å². The molecule has 0 aliphatic heterocycles. The normalized spacial score (nSPS) is 12.8. The summed E-state index contributed by atoms with van der Waals surface area (Å²) in [4.78, 5) is 3.10. The minimum absolute atomic E-state index is 0.323. The summed E-state index contributed by atoms with van der Waals surface area (Å²) in [6, 6.07) is 6.04. The number of hydrogen-bond donors (Lipinski definition) is 2. The molecule has 2 aromatic heterocycles. The van der Waals surface area contributed by atoms with Crippen molar-refractivity contribution in [3.8, 4) is 0 Å². The fourth-order valence-corrected chi connectivity index (χ4v) is 2.61. The number of rotatable bonds is 8. The molecule has 0 radical (unpaired) electrons. The van der Waals surface area contributed by atoms with Gasteiger partial charge in [0.2, 0.25) is 0 Å². The molecular weight excluding hydrogens is 286 g/mol. The molecule has 6 heteroatoms. The lowest BCUT2D eigenvalue weighted by Crippen LogP contribution is -2.32. The monoisotopic (exact) mass is 309 g/mol. The van der Waals surface area contributed by atoms with Crippen LogP contribution in [-0.2, 0) is 11.3 Å². The summed E-state index contributed by atoms with van der Waals surface area (Å²) < 4.78 is 5.53. The highest BCUT2D eigenvalue weighted by Gasteiger charge is 2.13. The van der Waals surface area contributed by atoms with Crippen molar-refractivity contribution in [3.63, 3.8) is 0 Å². The summed E-state index contributed by atoms with van der Waals surface area (Å²) in [6.45, 7) is 5.60. The van der Waals surface area contributed by atoms with E-state index >= 15 is 0 Å². The first-order valence-corrected chi connectivity index (χ1v) is 7.99. The third-order valence-corrected chi connectivity index (χ3v) is 4.07. The Kier molecular flexibility index (Phi) is 5.78. The van der Waals surface area contributed by atoms with Gasteiger partial charge in [-0.25, -0.2) is 0 Å². The quantitative estimate of drug-likeness (QED) is 0.787.